The number of nitrogens with zero attached hydrogens (tertiary/aromatic N) is 2. The lowest BCUT2D eigenvalue weighted by Crippen LogP contribution is -2.09. The number of nitrogen functional groups attached to an aromatic ring is 1. The zero-order chi connectivity index (χ0) is 21.4. The SMILES string of the molecule is CS(=O)(=O)c1ccc(Oc2c(Cl)cc(Nc3n[nH]c(N)n3)cc2C(F)(F)F)cc1. The number of anilines is 3. The van der Waals surface area contributed by atoms with Gasteiger partial charge < -0.3 is 15.8 Å². The fraction of sp³-hybridized carbons (Fsp3) is 0.125. The molecule has 4 N–H and O–H groups in total. The summed E-state index contributed by atoms with van der Waals surface area (Å²) in [5.74, 6) is -0.720. The third-order valence-electron chi connectivity index (χ3n) is 3.58. The maximum atomic E-state index is 13.6. The van der Waals surface area contributed by atoms with Crippen molar-refractivity contribution < 1.29 is 26.3 Å². The topological polar surface area (TPSA) is 123 Å². The van der Waals surface area contributed by atoms with Gasteiger partial charge in [-0.25, -0.2) is 13.5 Å². The minimum absolute atomic E-state index is 0.00249. The Bertz CT molecular complexity index is 1150. The molecule has 0 radical (unpaired) electrons. The summed E-state index contributed by atoms with van der Waals surface area (Å²) in [6.07, 6.45) is -3.78. The first kappa shape index (κ1) is 20.7. The molecule has 1 aromatic heterocycles. The maximum absolute atomic E-state index is 13.6. The van der Waals surface area contributed by atoms with E-state index in [2.05, 4.69) is 20.5 Å². The first-order valence-electron chi connectivity index (χ1n) is 7.77. The summed E-state index contributed by atoms with van der Waals surface area (Å²) in [5.41, 5.74) is 4.19. The predicted molar refractivity (Wildman–Crippen MR) is 100 cm³/mol. The lowest BCUT2D eigenvalue weighted by molar-refractivity contribution is -0.138. The summed E-state index contributed by atoms with van der Waals surface area (Å²) in [6.45, 7) is 0. The fourth-order valence-electron chi connectivity index (χ4n) is 2.31. The van der Waals surface area contributed by atoms with E-state index in [0.717, 1.165) is 12.3 Å². The third-order valence-corrected chi connectivity index (χ3v) is 4.99. The van der Waals surface area contributed by atoms with Crippen LogP contribution >= 0.6 is 11.6 Å². The van der Waals surface area contributed by atoms with Gasteiger partial charge >= 0.3 is 6.18 Å². The van der Waals surface area contributed by atoms with Crippen molar-refractivity contribution in [2.75, 3.05) is 17.3 Å². The van der Waals surface area contributed by atoms with Gasteiger partial charge in [-0.2, -0.15) is 18.2 Å². The molecule has 2 aromatic carbocycles. The van der Waals surface area contributed by atoms with E-state index in [1.807, 2.05) is 0 Å². The molecular weight excluding hydrogens is 435 g/mol. The van der Waals surface area contributed by atoms with Gasteiger partial charge in [-0.15, -0.1) is 5.10 Å². The Balaban J connectivity index is 1.97. The van der Waals surface area contributed by atoms with Crippen LogP contribution in [-0.4, -0.2) is 29.9 Å². The summed E-state index contributed by atoms with van der Waals surface area (Å²) in [5, 5.41) is 8.23. The van der Waals surface area contributed by atoms with Crippen LogP contribution in [0, 0.1) is 0 Å². The van der Waals surface area contributed by atoms with Crippen LogP contribution in [0.1, 0.15) is 5.56 Å². The van der Waals surface area contributed by atoms with Gasteiger partial charge in [-0.3, -0.25) is 0 Å². The predicted octanol–water partition coefficient (Wildman–Crippen LogP) is 4.00. The van der Waals surface area contributed by atoms with Crippen LogP contribution in [-0.2, 0) is 16.0 Å². The Hall–Kier alpha value is -2.99. The van der Waals surface area contributed by atoms with E-state index >= 15 is 0 Å². The number of ether oxygens (including phenoxy) is 1. The van der Waals surface area contributed by atoms with Crippen molar-refractivity contribution >= 4 is 39.0 Å². The summed E-state index contributed by atoms with van der Waals surface area (Å²) in [4.78, 5) is 3.74. The number of nitrogens with two attached hydrogens (primary N) is 1. The molecule has 154 valence electrons. The number of benzene rings is 2. The highest BCUT2D eigenvalue weighted by atomic mass is 35.5. The second-order valence-electron chi connectivity index (χ2n) is 5.85. The quantitative estimate of drug-likeness (QED) is 0.540. The first-order chi connectivity index (χ1) is 13.4. The second-order valence-corrected chi connectivity index (χ2v) is 8.27. The number of sulfone groups is 1. The highest BCUT2D eigenvalue weighted by molar-refractivity contribution is 7.90. The zero-order valence-electron chi connectivity index (χ0n) is 14.6. The Kier molecular flexibility index (Phi) is 5.32. The van der Waals surface area contributed by atoms with E-state index in [4.69, 9.17) is 22.1 Å². The fourth-order valence-corrected chi connectivity index (χ4v) is 3.20. The number of hydrogen-bond donors (Lipinski definition) is 3. The first-order valence-corrected chi connectivity index (χ1v) is 10.0. The molecule has 0 aliphatic heterocycles. The average molecular weight is 448 g/mol. The minimum Gasteiger partial charge on any atom is -0.455 e. The van der Waals surface area contributed by atoms with Gasteiger partial charge in [0.15, 0.2) is 15.6 Å². The molecule has 0 unspecified atom stereocenters. The number of aromatic amines is 1. The number of alkyl halides is 3. The number of nitrogens with one attached hydrogen (secondary N) is 2. The van der Waals surface area contributed by atoms with Crippen molar-refractivity contribution in [3.8, 4) is 11.5 Å². The van der Waals surface area contributed by atoms with Gasteiger partial charge in [0.25, 0.3) is 0 Å². The number of halogens is 4. The minimum atomic E-state index is -4.79. The molecule has 0 saturated carbocycles. The van der Waals surface area contributed by atoms with Crippen LogP contribution in [0.15, 0.2) is 41.3 Å². The number of H-pyrrole nitrogens is 1. The van der Waals surface area contributed by atoms with E-state index < -0.39 is 27.3 Å². The van der Waals surface area contributed by atoms with Gasteiger partial charge in [0.1, 0.15) is 11.3 Å². The Morgan fingerprint density at radius 2 is 1.86 bits per heavy atom. The molecule has 1 heterocycles. The van der Waals surface area contributed by atoms with E-state index in [9.17, 15) is 21.6 Å². The second kappa shape index (κ2) is 7.44. The molecule has 0 aliphatic carbocycles. The van der Waals surface area contributed by atoms with E-state index in [1.165, 1.54) is 30.3 Å². The van der Waals surface area contributed by atoms with Crippen LogP contribution in [0.5, 0.6) is 11.5 Å². The van der Waals surface area contributed by atoms with Crippen LogP contribution in [0.2, 0.25) is 5.02 Å². The summed E-state index contributed by atoms with van der Waals surface area (Å²) in [6, 6.07) is 6.87. The van der Waals surface area contributed by atoms with Crippen molar-refractivity contribution in [2.24, 2.45) is 0 Å². The highest BCUT2D eigenvalue weighted by Crippen LogP contribution is 2.44. The molecule has 0 atom stereocenters. The maximum Gasteiger partial charge on any atom is 0.420 e. The molecule has 13 heteroatoms. The van der Waals surface area contributed by atoms with Crippen LogP contribution in [0.3, 0.4) is 0 Å². The molecular formula is C16H13ClF3N5O3S. The smallest absolute Gasteiger partial charge is 0.420 e. The van der Waals surface area contributed by atoms with E-state index in [-0.39, 0.29) is 33.3 Å². The van der Waals surface area contributed by atoms with E-state index in [0.29, 0.717) is 0 Å². The molecule has 3 aromatic rings. The average Bonchev–Trinajstić information content (AvgIpc) is 3.00. The third kappa shape index (κ3) is 4.90. The number of hydrogen-bond acceptors (Lipinski definition) is 7. The normalized spacial score (nSPS) is 12.0. The summed E-state index contributed by atoms with van der Waals surface area (Å²) < 4.78 is 69.0. The lowest BCUT2D eigenvalue weighted by Gasteiger charge is -2.17. The van der Waals surface area contributed by atoms with Crippen molar-refractivity contribution in [1.29, 1.82) is 0 Å². The van der Waals surface area contributed by atoms with Gasteiger partial charge in [-0.1, -0.05) is 11.6 Å². The van der Waals surface area contributed by atoms with Crippen LogP contribution in [0.25, 0.3) is 0 Å². The Morgan fingerprint density at radius 1 is 1.21 bits per heavy atom. The molecule has 0 aliphatic rings. The largest absolute Gasteiger partial charge is 0.455 e. The molecule has 3 rings (SSSR count). The van der Waals surface area contributed by atoms with Gasteiger partial charge in [0, 0.05) is 11.9 Å². The summed E-state index contributed by atoms with van der Waals surface area (Å²) in [7, 11) is -3.46. The summed E-state index contributed by atoms with van der Waals surface area (Å²) >= 11 is 6.03. The molecule has 0 fully saturated rings. The monoisotopic (exact) mass is 447 g/mol. The molecule has 8 nitrogen and oxygen atoms in total. The molecule has 0 saturated heterocycles. The Labute approximate surface area is 167 Å². The highest BCUT2D eigenvalue weighted by Gasteiger charge is 2.36. The van der Waals surface area contributed by atoms with Crippen molar-refractivity contribution in [3.63, 3.8) is 0 Å². The van der Waals surface area contributed by atoms with Crippen LogP contribution < -0.4 is 15.8 Å². The van der Waals surface area contributed by atoms with Crippen molar-refractivity contribution in [3.05, 3.63) is 47.0 Å². The Morgan fingerprint density at radius 3 is 2.38 bits per heavy atom. The lowest BCUT2D eigenvalue weighted by atomic mass is 10.1. The van der Waals surface area contributed by atoms with Crippen molar-refractivity contribution in [2.45, 2.75) is 11.1 Å². The zero-order valence-corrected chi connectivity index (χ0v) is 16.2. The molecule has 0 spiro atoms. The molecule has 0 amide bonds. The van der Waals surface area contributed by atoms with E-state index in [1.54, 1.807) is 0 Å². The standard InChI is InChI=1S/C16H13ClF3N5O3S/c1-29(26,27)10-4-2-9(3-5-10)28-13-11(16(18,19)20)6-8(7-12(13)17)22-15-23-14(21)24-25-15/h2-7H,1H3,(H4,21,22,23,24,25). The van der Waals surface area contributed by atoms with Gasteiger partial charge in [0.05, 0.1) is 9.92 Å². The number of aromatic nitrogens is 3. The molecule has 29 heavy (non-hydrogen) atoms. The van der Waals surface area contributed by atoms with Crippen LogP contribution in [0.4, 0.5) is 30.8 Å². The van der Waals surface area contributed by atoms with Gasteiger partial charge in [-0.05, 0) is 36.4 Å². The number of rotatable bonds is 5. The van der Waals surface area contributed by atoms with Gasteiger partial charge in [0.2, 0.25) is 11.9 Å². The van der Waals surface area contributed by atoms with Crippen molar-refractivity contribution in [1.82, 2.24) is 15.2 Å². The molecule has 0 bridgehead atoms.